The van der Waals surface area contributed by atoms with E-state index in [0.29, 0.717) is 0 Å². The van der Waals surface area contributed by atoms with Crippen LogP contribution in [0.4, 0.5) is 0 Å². The Hall–Kier alpha value is -1.06. The number of nitrogens with one attached hydrogen (secondary N) is 1. The highest BCUT2D eigenvalue weighted by Gasteiger charge is 2.15. The van der Waals surface area contributed by atoms with Crippen LogP contribution in [0, 0.1) is 0 Å². The molecule has 16 heavy (non-hydrogen) atoms. The molecule has 1 saturated heterocycles. The van der Waals surface area contributed by atoms with Gasteiger partial charge in [0.2, 0.25) is 0 Å². The molecule has 0 saturated carbocycles. The molecule has 2 heterocycles. The molecule has 0 aliphatic carbocycles. The maximum absolute atomic E-state index is 4.16. The average Bonchev–Trinajstić information content (AvgIpc) is 2.82. The number of rotatable bonds is 2. The number of pyridine rings is 1. The van der Waals surface area contributed by atoms with Crippen LogP contribution in [0.2, 0.25) is 0 Å². The van der Waals surface area contributed by atoms with Crippen molar-refractivity contribution < 1.29 is 0 Å². The molecule has 1 aliphatic heterocycles. The lowest BCUT2D eigenvalue weighted by Crippen LogP contribution is -2.09. The fraction of sp³-hybridized carbons (Fsp3) is 0.308. The van der Waals surface area contributed by atoms with Gasteiger partial charge >= 0.3 is 0 Å². The zero-order valence-electron chi connectivity index (χ0n) is 9.02. The summed E-state index contributed by atoms with van der Waals surface area (Å²) in [5.41, 5.74) is 0. The van der Waals surface area contributed by atoms with Crippen molar-refractivity contribution in [2.45, 2.75) is 16.6 Å². The van der Waals surface area contributed by atoms with Crippen LogP contribution in [0.25, 0.3) is 10.8 Å². The molecule has 2 aromatic rings. The summed E-state index contributed by atoms with van der Waals surface area (Å²) in [6.07, 6.45) is 5.05. The molecular weight excluding hydrogens is 216 g/mol. The SMILES string of the molecule is c1cc2ccc(S[C@H]3CCNC3)cc2cn1. The van der Waals surface area contributed by atoms with Gasteiger partial charge in [0.15, 0.2) is 0 Å². The van der Waals surface area contributed by atoms with E-state index >= 15 is 0 Å². The Balaban J connectivity index is 1.86. The third-order valence-electron chi connectivity index (χ3n) is 2.93. The molecule has 82 valence electrons. The van der Waals surface area contributed by atoms with E-state index in [1.54, 1.807) is 0 Å². The molecule has 3 rings (SSSR count). The molecule has 0 amide bonds. The van der Waals surface area contributed by atoms with Gasteiger partial charge in [-0.1, -0.05) is 6.07 Å². The van der Waals surface area contributed by atoms with Crippen molar-refractivity contribution in [3.63, 3.8) is 0 Å². The first kappa shape index (κ1) is 10.1. The smallest absolute Gasteiger partial charge is 0.0346 e. The minimum absolute atomic E-state index is 0.731. The number of nitrogens with zero attached hydrogens (tertiary/aromatic N) is 1. The Morgan fingerprint density at radius 2 is 2.25 bits per heavy atom. The fourth-order valence-electron chi connectivity index (χ4n) is 2.06. The highest BCUT2D eigenvalue weighted by molar-refractivity contribution is 8.00. The van der Waals surface area contributed by atoms with E-state index in [2.05, 4.69) is 34.6 Å². The molecule has 2 nitrogen and oxygen atoms in total. The second kappa shape index (κ2) is 4.44. The molecule has 1 aromatic heterocycles. The third kappa shape index (κ3) is 2.06. The Kier molecular flexibility index (Phi) is 2.80. The van der Waals surface area contributed by atoms with Crippen LogP contribution in [0.15, 0.2) is 41.6 Å². The minimum Gasteiger partial charge on any atom is -0.316 e. The van der Waals surface area contributed by atoms with Gasteiger partial charge in [-0.05, 0) is 36.6 Å². The van der Waals surface area contributed by atoms with Crippen LogP contribution >= 0.6 is 11.8 Å². The standard InChI is InChI=1S/C13H14N2S/c1-2-12(16-13-4-6-15-9-13)7-11-8-14-5-3-10(1)11/h1-3,5,7-8,13,15H,4,6,9H2/t13-/m0/s1. The van der Waals surface area contributed by atoms with Gasteiger partial charge in [0.1, 0.15) is 0 Å². The number of thioether (sulfide) groups is 1. The minimum atomic E-state index is 0.731. The Bertz CT molecular complexity index is 492. The van der Waals surface area contributed by atoms with Crippen molar-refractivity contribution in [3.05, 3.63) is 36.7 Å². The molecule has 1 fully saturated rings. The summed E-state index contributed by atoms with van der Waals surface area (Å²) in [6, 6.07) is 8.69. The number of fused-ring (bicyclic) bond motifs is 1. The maximum atomic E-state index is 4.16. The highest BCUT2D eigenvalue weighted by Crippen LogP contribution is 2.29. The Labute approximate surface area is 99.5 Å². The van der Waals surface area contributed by atoms with Gasteiger partial charge in [0.05, 0.1) is 0 Å². The van der Waals surface area contributed by atoms with Crippen LogP contribution in [0.3, 0.4) is 0 Å². The molecule has 1 aromatic carbocycles. The predicted octanol–water partition coefficient (Wildman–Crippen LogP) is 2.69. The molecule has 1 atom stereocenters. The predicted molar refractivity (Wildman–Crippen MR) is 68.9 cm³/mol. The molecule has 1 aliphatic rings. The van der Waals surface area contributed by atoms with E-state index < -0.39 is 0 Å². The number of hydrogen-bond acceptors (Lipinski definition) is 3. The lowest BCUT2D eigenvalue weighted by Gasteiger charge is -2.08. The third-order valence-corrected chi connectivity index (χ3v) is 4.19. The van der Waals surface area contributed by atoms with E-state index in [9.17, 15) is 0 Å². The largest absolute Gasteiger partial charge is 0.316 e. The Morgan fingerprint density at radius 1 is 1.25 bits per heavy atom. The molecule has 0 unspecified atom stereocenters. The molecule has 0 radical (unpaired) electrons. The molecule has 0 spiro atoms. The summed E-state index contributed by atoms with van der Waals surface area (Å²) >= 11 is 1.98. The van der Waals surface area contributed by atoms with Gasteiger partial charge in [-0.2, -0.15) is 0 Å². The fourth-order valence-corrected chi connectivity index (χ4v) is 3.22. The van der Waals surface area contributed by atoms with E-state index in [0.717, 1.165) is 18.3 Å². The first-order valence-electron chi connectivity index (χ1n) is 5.63. The van der Waals surface area contributed by atoms with Gasteiger partial charge < -0.3 is 5.32 Å². The summed E-state index contributed by atoms with van der Waals surface area (Å²) in [7, 11) is 0. The van der Waals surface area contributed by atoms with Crippen LogP contribution in [-0.4, -0.2) is 23.3 Å². The van der Waals surface area contributed by atoms with Crippen LogP contribution in [-0.2, 0) is 0 Å². The summed E-state index contributed by atoms with van der Waals surface area (Å²) in [5, 5.41) is 6.63. The first-order valence-corrected chi connectivity index (χ1v) is 6.51. The van der Waals surface area contributed by atoms with E-state index in [-0.39, 0.29) is 0 Å². The summed E-state index contributed by atoms with van der Waals surface area (Å²) in [5.74, 6) is 0. The lowest BCUT2D eigenvalue weighted by atomic mass is 10.2. The average molecular weight is 230 g/mol. The van der Waals surface area contributed by atoms with Crippen molar-refractivity contribution in [1.82, 2.24) is 10.3 Å². The van der Waals surface area contributed by atoms with Crippen LogP contribution in [0.1, 0.15) is 6.42 Å². The van der Waals surface area contributed by atoms with Gasteiger partial charge in [-0.25, -0.2) is 0 Å². The van der Waals surface area contributed by atoms with Crippen molar-refractivity contribution in [2.75, 3.05) is 13.1 Å². The first-order chi connectivity index (χ1) is 7.92. The summed E-state index contributed by atoms with van der Waals surface area (Å²) in [6.45, 7) is 2.29. The van der Waals surface area contributed by atoms with E-state index in [1.807, 2.05) is 24.2 Å². The molecule has 3 heteroatoms. The van der Waals surface area contributed by atoms with Gasteiger partial charge in [0, 0.05) is 34.5 Å². The van der Waals surface area contributed by atoms with Gasteiger partial charge in [-0.15, -0.1) is 11.8 Å². The highest BCUT2D eigenvalue weighted by atomic mass is 32.2. The lowest BCUT2D eigenvalue weighted by molar-refractivity contribution is 0.858. The summed E-state index contributed by atoms with van der Waals surface area (Å²) < 4.78 is 0. The molecular formula is C13H14N2S. The van der Waals surface area contributed by atoms with Gasteiger partial charge in [-0.3, -0.25) is 4.98 Å². The summed E-state index contributed by atoms with van der Waals surface area (Å²) in [4.78, 5) is 5.52. The van der Waals surface area contributed by atoms with Crippen molar-refractivity contribution in [3.8, 4) is 0 Å². The van der Waals surface area contributed by atoms with Crippen LogP contribution in [0.5, 0.6) is 0 Å². The van der Waals surface area contributed by atoms with Gasteiger partial charge in [0.25, 0.3) is 0 Å². The number of benzene rings is 1. The molecule has 0 bridgehead atoms. The normalized spacial score (nSPS) is 20.4. The van der Waals surface area contributed by atoms with Crippen molar-refractivity contribution in [1.29, 1.82) is 0 Å². The van der Waals surface area contributed by atoms with E-state index in [1.165, 1.54) is 22.1 Å². The second-order valence-electron chi connectivity index (χ2n) is 4.12. The van der Waals surface area contributed by atoms with Crippen molar-refractivity contribution in [2.24, 2.45) is 0 Å². The second-order valence-corrected chi connectivity index (χ2v) is 5.49. The van der Waals surface area contributed by atoms with E-state index in [4.69, 9.17) is 0 Å². The number of hydrogen-bond donors (Lipinski definition) is 1. The van der Waals surface area contributed by atoms with Crippen LogP contribution < -0.4 is 5.32 Å². The molecule has 1 N–H and O–H groups in total. The zero-order chi connectivity index (χ0) is 10.8. The number of aromatic nitrogens is 1. The topological polar surface area (TPSA) is 24.9 Å². The monoisotopic (exact) mass is 230 g/mol. The van der Waals surface area contributed by atoms with Crippen molar-refractivity contribution >= 4 is 22.5 Å². The quantitative estimate of drug-likeness (QED) is 0.858. The maximum Gasteiger partial charge on any atom is 0.0346 e. The zero-order valence-corrected chi connectivity index (χ0v) is 9.83. The Morgan fingerprint density at radius 3 is 3.12 bits per heavy atom.